The van der Waals surface area contributed by atoms with Crippen LogP contribution in [0, 0.1) is 25.7 Å². The monoisotopic (exact) mass is 587 g/mol. The Bertz CT molecular complexity index is 1120. The first kappa shape index (κ1) is 28.5. The number of carbonyl (C=O) groups excluding carboxylic acids is 3. The number of aliphatic hydroxyl groups is 1. The van der Waals surface area contributed by atoms with Gasteiger partial charge in [-0.1, -0.05) is 53.2 Å². The van der Waals surface area contributed by atoms with Gasteiger partial charge in [0.25, 0.3) is 5.91 Å². The minimum atomic E-state index is -1.19. The second-order valence-corrected chi connectivity index (χ2v) is 11.8. The topological polar surface area (TPSA) is 90.4 Å². The average molecular weight is 589 g/mol. The quantitative estimate of drug-likeness (QED) is 0.336. The molecule has 3 aliphatic rings. The van der Waals surface area contributed by atoms with Gasteiger partial charge >= 0.3 is 0 Å². The van der Waals surface area contributed by atoms with Crippen molar-refractivity contribution in [3.8, 4) is 0 Å². The summed E-state index contributed by atoms with van der Waals surface area (Å²) in [6.45, 7) is 13.7. The van der Waals surface area contributed by atoms with E-state index in [9.17, 15) is 19.5 Å². The molecule has 1 aromatic rings. The number of anilines is 1. The molecule has 7 atom stereocenters. The van der Waals surface area contributed by atoms with Crippen molar-refractivity contribution in [3.63, 3.8) is 0 Å². The highest BCUT2D eigenvalue weighted by atomic mass is 79.9. The van der Waals surface area contributed by atoms with E-state index >= 15 is 0 Å². The summed E-state index contributed by atoms with van der Waals surface area (Å²) in [6, 6.07) is 4.25. The number of amides is 3. The lowest BCUT2D eigenvalue weighted by atomic mass is 9.70. The number of nitrogens with zero attached hydrogens (tertiary/aromatic N) is 3. The summed E-state index contributed by atoms with van der Waals surface area (Å²) in [5, 5.41) is 10.3. The van der Waals surface area contributed by atoms with Crippen LogP contribution < -0.4 is 4.90 Å². The van der Waals surface area contributed by atoms with Gasteiger partial charge in [0.15, 0.2) is 0 Å². The van der Waals surface area contributed by atoms with Gasteiger partial charge < -0.3 is 24.5 Å². The standard InChI is InChI=1S/C29H38BrN3O5/c1-7-13-31(6)26(35)21-22-27(36)33(19(9-3)16-34)25(29(22)15-20(30)24(21)38-29)28(37)32(14-8-2)23-17(4)11-10-12-18(23)5/h7-8,10-12,19-22,24-25,34H,1-2,9,13-16H2,3-6H3/t19-,20?,21-,22-,24-,25?,29?/m0/s1. The Kier molecular flexibility index (Phi) is 8.21. The average Bonchev–Trinajstić information content (AvgIpc) is 3.47. The number of aliphatic hydroxyl groups excluding tert-OH is 1. The van der Waals surface area contributed by atoms with Crippen LogP contribution in [0.15, 0.2) is 43.5 Å². The lowest BCUT2D eigenvalue weighted by molar-refractivity contribution is -0.146. The summed E-state index contributed by atoms with van der Waals surface area (Å²) < 4.78 is 6.62. The summed E-state index contributed by atoms with van der Waals surface area (Å²) in [4.78, 5) is 47.1. The number of hydrogen-bond acceptors (Lipinski definition) is 5. The van der Waals surface area contributed by atoms with Crippen LogP contribution in [0.4, 0.5) is 5.69 Å². The highest BCUT2D eigenvalue weighted by molar-refractivity contribution is 9.09. The van der Waals surface area contributed by atoms with E-state index in [0.717, 1.165) is 16.8 Å². The Labute approximate surface area is 233 Å². The minimum absolute atomic E-state index is 0.199. The van der Waals surface area contributed by atoms with Crippen molar-refractivity contribution in [2.45, 2.75) is 62.2 Å². The van der Waals surface area contributed by atoms with Gasteiger partial charge in [0.05, 0.1) is 30.6 Å². The first-order chi connectivity index (χ1) is 18.1. The molecule has 4 rings (SSSR count). The maximum atomic E-state index is 14.7. The van der Waals surface area contributed by atoms with Crippen LogP contribution in [0.25, 0.3) is 0 Å². The fourth-order valence-corrected chi connectivity index (χ4v) is 7.72. The van der Waals surface area contributed by atoms with E-state index in [-0.39, 0.29) is 35.7 Å². The lowest BCUT2D eigenvalue weighted by Gasteiger charge is -2.39. The normalized spacial score (nSPS) is 30.2. The van der Waals surface area contributed by atoms with Gasteiger partial charge in [0.2, 0.25) is 11.8 Å². The van der Waals surface area contributed by atoms with Crippen LogP contribution in [-0.2, 0) is 19.1 Å². The van der Waals surface area contributed by atoms with Gasteiger partial charge in [-0.05, 0) is 37.8 Å². The van der Waals surface area contributed by atoms with Gasteiger partial charge in [-0.25, -0.2) is 0 Å². The third-order valence-electron chi connectivity index (χ3n) is 8.39. The van der Waals surface area contributed by atoms with Gasteiger partial charge in [0.1, 0.15) is 11.6 Å². The molecule has 3 saturated heterocycles. The molecule has 8 nitrogen and oxygen atoms in total. The molecule has 206 valence electrons. The van der Waals surface area contributed by atoms with Gasteiger partial charge in [-0.15, -0.1) is 13.2 Å². The highest BCUT2D eigenvalue weighted by Crippen LogP contribution is 2.61. The molecular formula is C29H38BrN3O5. The molecule has 0 radical (unpaired) electrons. The molecule has 3 aliphatic heterocycles. The molecule has 1 N–H and O–H groups in total. The molecule has 2 bridgehead atoms. The summed E-state index contributed by atoms with van der Waals surface area (Å²) in [5.74, 6) is -2.37. The summed E-state index contributed by atoms with van der Waals surface area (Å²) in [5.41, 5.74) is 1.42. The number of para-hydroxylation sites is 1. The maximum absolute atomic E-state index is 14.7. The molecule has 9 heteroatoms. The number of carbonyl (C=O) groups is 3. The fraction of sp³-hybridized carbons (Fsp3) is 0.552. The Morgan fingerprint density at radius 3 is 2.42 bits per heavy atom. The van der Waals surface area contributed by atoms with E-state index in [1.807, 2.05) is 39.0 Å². The van der Waals surface area contributed by atoms with Crippen molar-refractivity contribution in [2.24, 2.45) is 11.8 Å². The zero-order valence-electron chi connectivity index (χ0n) is 22.6. The fourth-order valence-electron chi connectivity index (χ4n) is 6.77. The number of halogens is 1. The van der Waals surface area contributed by atoms with E-state index < -0.39 is 35.6 Å². The van der Waals surface area contributed by atoms with E-state index in [0.29, 0.717) is 19.4 Å². The molecule has 1 spiro atoms. The minimum Gasteiger partial charge on any atom is -0.394 e. The number of alkyl halides is 1. The van der Waals surface area contributed by atoms with Gasteiger partial charge in [-0.3, -0.25) is 14.4 Å². The van der Waals surface area contributed by atoms with Crippen LogP contribution in [0.3, 0.4) is 0 Å². The summed E-state index contributed by atoms with van der Waals surface area (Å²) in [6.07, 6.45) is 3.63. The van der Waals surface area contributed by atoms with Crippen LogP contribution in [0.2, 0.25) is 0 Å². The van der Waals surface area contributed by atoms with Crippen molar-refractivity contribution in [2.75, 3.05) is 31.6 Å². The van der Waals surface area contributed by atoms with Crippen molar-refractivity contribution in [1.29, 1.82) is 0 Å². The van der Waals surface area contributed by atoms with Crippen molar-refractivity contribution in [3.05, 3.63) is 54.6 Å². The molecular weight excluding hydrogens is 550 g/mol. The van der Waals surface area contributed by atoms with Crippen LogP contribution in [-0.4, -0.2) is 88.0 Å². The number of aryl methyl sites for hydroxylation is 2. The Morgan fingerprint density at radius 2 is 1.87 bits per heavy atom. The van der Waals surface area contributed by atoms with Gasteiger partial charge in [-0.2, -0.15) is 0 Å². The second kappa shape index (κ2) is 10.9. The number of likely N-dealkylation sites (N-methyl/N-ethyl adjacent to an activating group) is 1. The van der Waals surface area contributed by atoms with E-state index in [1.54, 1.807) is 29.0 Å². The molecule has 38 heavy (non-hydrogen) atoms. The van der Waals surface area contributed by atoms with E-state index in [4.69, 9.17) is 4.74 Å². The molecule has 3 amide bonds. The number of benzene rings is 1. The number of likely N-dealkylation sites (tertiary alicyclic amines) is 1. The van der Waals surface area contributed by atoms with Crippen molar-refractivity contribution >= 4 is 39.3 Å². The molecule has 0 saturated carbocycles. The zero-order valence-corrected chi connectivity index (χ0v) is 24.2. The first-order valence-corrected chi connectivity index (χ1v) is 14.1. The van der Waals surface area contributed by atoms with Crippen LogP contribution in [0.5, 0.6) is 0 Å². The number of ether oxygens (including phenoxy) is 1. The molecule has 0 aliphatic carbocycles. The smallest absolute Gasteiger partial charge is 0.253 e. The third kappa shape index (κ3) is 4.23. The predicted octanol–water partition coefficient (Wildman–Crippen LogP) is 2.99. The molecule has 3 fully saturated rings. The van der Waals surface area contributed by atoms with Crippen molar-refractivity contribution < 1.29 is 24.2 Å². The number of hydrogen-bond donors (Lipinski definition) is 1. The van der Waals surface area contributed by atoms with Crippen LogP contribution >= 0.6 is 15.9 Å². The summed E-state index contributed by atoms with van der Waals surface area (Å²) >= 11 is 3.71. The SMILES string of the molecule is C=CCN(C)C(=O)[C@H]1[C@H]2C(=O)N([C@@H](CC)CO)C(C(=O)N(CC=C)c3c(C)cccc3C)C23CC(Br)[C@@H]1O3. The Balaban J connectivity index is 1.87. The largest absolute Gasteiger partial charge is 0.394 e. The molecule has 0 aromatic heterocycles. The Hall–Kier alpha value is -2.49. The zero-order chi connectivity index (χ0) is 27.9. The molecule has 3 heterocycles. The second-order valence-electron chi connectivity index (χ2n) is 10.6. The highest BCUT2D eigenvalue weighted by Gasteiger charge is 2.77. The van der Waals surface area contributed by atoms with Crippen molar-refractivity contribution in [1.82, 2.24) is 9.80 Å². The Morgan fingerprint density at radius 1 is 1.24 bits per heavy atom. The predicted molar refractivity (Wildman–Crippen MR) is 150 cm³/mol. The summed E-state index contributed by atoms with van der Waals surface area (Å²) in [7, 11) is 1.68. The van der Waals surface area contributed by atoms with Crippen LogP contribution in [0.1, 0.15) is 30.9 Å². The number of fused-ring (bicyclic) bond motifs is 1. The van der Waals surface area contributed by atoms with E-state index in [1.165, 1.54) is 4.90 Å². The molecule has 3 unspecified atom stereocenters. The first-order valence-electron chi connectivity index (χ1n) is 13.2. The number of rotatable bonds is 10. The lowest BCUT2D eigenvalue weighted by Crippen LogP contribution is -2.59. The third-order valence-corrected chi connectivity index (χ3v) is 9.23. The van der Waals surface area contributed by atoms with E-state index in [2.05, 4.69) is 29.1 Å². The molecule has 1 aromatic carbocycles. The van der Waals surface area contributed by atoms with Gasteiger partial charge in [0, 0.05) is 30.7 Å². The maximum Gasteiger partial charge on any atom is 0.253 e.